The molecule has 3 rings (SSSR count). The number of H-pyrrole nitrogens is 1. The Kier molecular flexibility index (Phi) is 10.7. The fraction of sp³-hybridized carbons (Fsp3) is 0.591. The van der Waals surface area contributed by atoms with Crippen molar-refractivity contribution in [3.8, 4) is 0 Å². The van der Waals surface area contributed by atoms with E-state index in [0.717, 1.165) is 25.3 Å². The molecule has 1 aromatic heterocycles. The number of halogens is 1. The first-order chi connectivity index (χ1) is 14.9. The second-order valence-electron chi connectivity index (χ2n) is 8.06. The van der Waals surface area contributed by atoms with Gasteiger partial charge in [0.2, 0.25) is 10.0 Å². The van der Waals surface area contributed by atoms with Crippen LogP contribution in [0.2, 0.25) is 0 Å². The summed E-state index contributed by atoms with van der Waals surface area (Å²) in [6.45, 7) is 7.07. The molecule has 1 aromatic carbocycles. The summed E-state index contributed by atoms with van der Waals surface area (Å²) in [6.07, 6.45) is 4.10. The number of guanidine groups is 1. The van der Waals surface area contributed by atoms with Gasteiger partial charge in [-0.2, -0.15) is 4.31 Å². The Bertz CT molecular complexity index is 969. The van der Waals surface area contributed by atoms with Gasteiger partial charge in [0.15, 0.2) is 5.96 Å². The van der Waals surface area contributed by atoms with E-state index in [9.17, 15) is 8.42 Å². The first-order valence-electron chi connectivity index (χ1n) is 11.0. The largest absolute Gasteiger partial charge is 0.378 e. The van der Waals surface area contributed by atoms with Crippen LogP contribution in [0.4, 0.5) is 0 Å². The predicted octanol–water partition coefficient (Wildman–Crippen LogP) is 2.67. The van der Waals surface area contributed by atoms with E-state index in [0.29, 0.717) is 26.2 Å². The molecule has 2 aromatic rings. The number of aryl methyl sites for hydroxylation is 1. The fourth-order valence-electron chi connectivity index (χ4n) is 3.85. The van der Waals surface area contributed by atoms with Gasteiger partial charge in [-0.05, 0) is 38.3 Å². The molecule has 32 heavy (non-hydrogen) atoms. The van der Waals surface area contributed by atoms with Crippen LogP contribution in [0.3, 0.4) is 0 Å². The minimum Gasteiger partial charge on any atom is -0.378 e. The van der Waals surface area contributed by atoms with Crippen LogP contribution in [0.5, 0.6) is 0 Å². The van der Waals surface area contributed by atoms with E-state index in [4.69, 9.17) is 4.74 Å². The van der Waals surface area contributed by atoms with E-state index in [1.54, 1.807) is 11.4 Å². The highest BCUT2D eigenvalue weighted by molar-refractivity contribution is 14.0. The smallest absolute Gasteiger partial charge is 0.216 e. The molecule has 1 saturated heterocycles. The second-order valence-corrected chi connectivity index (χ2v) is 10.1. The highest BCUT2D eigenvalue weighted by Gasteiger charge is 2.27. The highest BCUT2D eigenvalue weighted by atomic mass is 127. The lowest BCUT2D eigenvalue weighted by Gasteiger charge is -2.35. The molecule has 0 radical (unpaired) electrons. The molecule has 8 nitrogen and oxygen atoms in total. The Morgan fingerprint density at radius 3 is 2.62 bits per heavy atom. The zero-order valence-electron chi connectivity index (χ0n) is 19.2. The van der Waals surface area contributed by atoms with Gasteiger partial charge in [-0.1, -0.05) is 18.2 Å². The van der Waals surface area contributed by atoms with Gasteiger partial charge in [0, 0.05) is 56.9 Å². The molecule has 10 heteroatoms. The van der Waals surface area contributed by atoms with Crippen LogP contribution < -0.4 is 5.32 Å². The lowest BCUT2D eigenvalue weighted by molar-refractivity contribution is 0.0904. The van der Waals surface area contributed by atoms with Gasteiger partial charge in [-0.3, -0.25) is 4.99 Å². The van der Waals surface area contributed by atoms with Crippen molar-refractivity contribution >= 4 is 50.9 Å². The number of rotatable bonds is 9. The third-order valence-electron chi connectivity index (χ3n) is 5.52. The number of nitrogens with one attached hydrogen (secondary N) is 2. The van der Waals surface area contributed by atoms with Gasteiger partial charge < -0.3 is 19.9 Å². The summed E-state index contributed by atoms with van der Waals surface area (Å²) in [5, 5.41) is 4.71. The molecule has 0 aliphatic carbocycles. The molecule has 0 bridgehead atoms. The van der Waals surface area contributed by atoms with Crippen molar-refractivity contribution in [3.05, 3.63) is 36.0 Å². The van der Waals surface area contributed by atoms with Crippen LogP contribution in [0.1, 0.15) is 25.8 Å². The van der Waals surface area contributed by atoms with E-state index < -0.39 is 10.0 Å². The lowest BCUT2D eigenvalue weighted by Crippen LogP contribution is -2.54. The summed E-state index contributed by atoms with van der Waals surface area (Å²) < 4.78 is 32.0. The van der Waals surface area contributed by atoms with E-state index in [-0.39, 0.29) is 42.4 Å². The van der Waals surface area contributed by atoms with Crippen LogP contribution in [0.15, 0.2) is 35.5 Å². The van der Waals surface area contributed by atoms with E-state index >= 15 is 0 Å². The Labute approximate surface area is 208 Å². The van der Waals surface area contributed by atoms with Gasteiger partial charge in [-0.25, -0.2) is 8.42 Å². The Morgan fingerprint density at radius 2 is 1.94 bits per heavy atom. The molecule has 2 N–H and O–H groups in total. The van der Waals surface area contributed by atoms with Gasteiger partial charge in [0.05, 0.1) is 18.5 Å². The number of ether oxygens (including phenoxy) is 1. The molecule has 0 unspecified atom stereocenters. The SMILES string of the molecule is CN=C(NCCCc1c[nH]c2ccccc12)N1CCN(S(=O)(=O)CCOC(C)C)CC1.I. The van der Waals surface area contributed by atoms with Crippen LogP contribution >= 0.6 is 24.0 Å². The highest BCUT2D eigenvalue weighted by Crippen LogP contribution is 2.18. The zero-order chi connectivity index (χ0) is 22.3. The van der Waals surface area contributed by atoms with Crippen molar-refractivity contribution in [1.82, 2.24) is 19.5 Å². The van der Waals surface area contributed by atoms with E-state index in [2.05, 4.69) is 44.6 Å². The van der Waals surface area contributed by atoms with Crippen LogP contribution in [0.25, 0.3) is 10.9 Å². The molecule has 2 heterocycles. The normalized spacial score (nSPS) is 15.9. The van der Waals surface area contributed by atoms with Crippen LogP contribution in [-0.4, -0.2) is 86.8 Å². The number of hydrogen-bond acceptors (Lipinski definition) is 4. The summed E-state index contributed by atoms with van der Waals surface area (Å²) >= 11 is 0. The van der Waals surface area contributed by atoms with E-state index in [1.807, 2.05) is 19.9 Å². The lowest BCUT2D eigenvalue weighted by atomic mass is 10.1. The van der Waals surface area contributed by atoms with Gasteiger partial charge in [0.25, 0.3) is 0 Å². The summed E-state index contributed by atoms with van der Waals surface area (Å²) in [5.41, 5.74) is 2.50. The fourth-order valence-corrected chi connectivity index (χ4v) is 5.13. The molecule has 0 atom stereocenters. The first kappa shape index (κ1) is 26.9. The Balaban J connectivity index is 0.00000363. The number of fused-ring (bicyclic) bond motifs is 1. The summed E-state index contributed by atoms with van der Waals surface area (Å²) in [6, 6.07) is 8.35. The number of benzene rings is 1. The number of sulfonamides is 1. The minimum absolute atomic E-state index is 0. The monoisotopic (exact) mass is 577 g/mol. The third kappa shape index (κ3) is 7.32. The number of piperazine rings is 1. The van der Waals surface area contributed by atoms with Gasteiger partial charge >= 0.3 is 0 Å². The number of aromatic nitrogens is 1. The molecule has 1 aliphatic heterocycles. The third-order valence-corrected chi connectivity index (χ3v) is 7.35. The average Bonchev–Trinajstić information content (AvgIpc) is 3.17. The predicted molar refractivity (Wildman–Crippen MR) is 141 cm³/mol. The molecule has 1 fully saturated rings. The maximum atomic E-state index is 12.5. The van der Waals surface area contributed by atoms with Gasteiger partial charge in [-0.15, -0.1) is 24.0 Å². The Hall–Kier alpha value is -1.37. The maximum Gasteiger partial charge on any atom is 0.216 e. The minimum atomic E-state index is -3.28. The van der Waals surface area contributed by atoms with Crippen molar-refractivity contribution in [2.75, 3.05) is 52.1 Å². The van der Waals surface area contributed by atoms with Gasteiger partial charge in [0.1, 0.15) is 0 Å². The van der Waals surface area contributed by atoms with Crippen molar-refractivity contribution in [2.45, 2.75) is 32.8 Å². The molecule has 0 spiro atoms. The molecular formula is C22H36IN5O3S. The number of hydrogen-bond donors (Lipinski definition) is 2. The second kappa shape index (κ2) is 12.8. The van der Waals surface area contributed by atoms with Crippen LogP contribution in [0, 0.1) is 0 Å². The van der Waals surface area contributed by atoms with Crippen molar-refractivity contribution < 1.29 is 13.2 Å². The topological polar surface area (TPSA) is 90.0 Å². The van der Waals surface area contributed by atoms with Crippen molar-refractivity contribution in [1.29, 1.82) is 0 Å². The number of nitrogens with zero attached hydrogens (tertiary/aromatic N) is 3. The maximum absolute atomic E-state index is 12.5. The molecular weight excluding hydrogens is 541 g/mol. The summed E-state index contributed by atoms with van der Waals surface area (Å²) in [7, 11) is -1.51. The van der Waals surface area contributed by atoms with Crippen molar-refractivity contribution in [3.63, 3.8) is 0 Å². The molecule has 0 saturated carbocycles. The molecule has 1 aliphatic rings. The van der Waals surface area contributed by atoms with Crippen molar-refractivity contribution in [2.24, 2.45) is 4.99 Å². The number of aliphatic imine (C=N–C) groups is 1. The zero-order valence-corrected chi connectivity index (χ0v) is 22.4. The standard InChI is InChI=1S/C22H35N5O3S.HI/c1-18(2)30-15-16-31(28,29)27-13-11-26(12-14-27)22(23-3)24-10-6-7-19-17-25-21-9-5-4-8-20(19)21;/h4-5,8-9,17-18,25H,6-7,10-16H2,1-3H3,(H,23,24);1H. The quantitative estimate of drug-likeness (QED) is 0.207. The Morgan fingerprint density at radius 1 is 1.22 bits per heavy atom. The number of para-hydroxylation sites is 1. The first-order valence-corrected chi connectivity index (χ1v) is 12.6. The summed E-state index contributed by atoms with van der Waals surface area (Å²) in [4.78, 5) is 9.84. The van der Waals surface area contributed by atoms with E-state index in [1.165, 1.54) is 16.5 Å². The molecule has 180 valence electrons. The van der Waals surface area contributed by atoms with Crippen LogP contribution in [-0.2, 0) is 21.2 Å². The summed E-state index contributed by atoms with van der Waals surface area (Å²) in [5.74, 6) is 0.866. The number of aromatic amines is 1. The average molecular weight is 578 g/mol. The molecule has 0 amide bonds.